The smallest absolute Gasteiger partial charge is 0.228 e. The monoisotopic (exact) mass is 485 g/mol. The molecule has 0 aliphatic carbocycles. The lowest BCUT2D eigenvalue weighted by Gasteiger charge is -2.28. The average Bonchev–Trinajstić information content (AvgIpc) is 3.09. The van der Waals surface area contributed by atoms with Gasteiger partial charge in [-0.15, -0.1) is 0 Å². The lowest BCUT2D eigenvalue weighted by atomic mass is 10.2. The van der Waals surface area contributed by atoms with E-state index in [2.05, 4.69) is 15.2 Å². The molecular formula is C21H32ClN5O2S2. The topological polar surface area (TPSA) is 70.5 Å². The number of nitrogens with zero attached hydrogens (tertiary/aromatic N) is 4. The number of imidazole rings is 1. The van der Waals surface area contributed by atoms with Crippen LogP contribution in [0.3, 0.4) is 0 Å². The Morgan fingerprint density at radius 1 is 1.29 bits per heavy atom. The summed E-state index contributed by atoms with van der Waals surface area (Å²) in [4.78, 5) is 8.45. The van der Waals surface area contributed by atoms with Crippen LogP contribution in [0.1, 0.15) is 38.1 Å². The summed E-state index contributed by atoms with van der Waals surface area (Å²) in [6, 6.07) is 6.81. The van der Waals surface area contributed by atoms with E-state index in [1.807, 2.05) is 39.8 Å². The van der Waals surface area contributed by atoms with Gasteiger partial charge in [0.15, 0.2) is 5.11 Å². The van der Waals surface area contributed by atoms with Crippen LogP contribution in [0.5, 0.6) is 0 Å². The second kappa shape index (κ2) is 11.3. The van der Waals surface area contributed by atoms with Crippen LogP contribution in [0, 0.1) is 0 Å². The van der Waals surface area contributed by atoms with E-state index in [1.54, 1.807) is 35.0 Å². The highest BCUT2D eigenvalue weighted by Gasteiger charge is 2.26. The Bertz CT molecular complexity index is 989. The van der Waals surface area contributed by atoms with Crippen LogP contribution in [0.2, 0.25) is 5.02 Å². The van der Waals surface area contributed by atoms with Crippen LogP contribution in [0.15, 0.2) is 35.6 Å². The van der Waals surface area contributed by atoms with Crippen molar-refractivity contribution in [3.05, 3.63) is 46.7 Å². The zero-order valence-electron chi connectivity index (χ0n) is 18.8. The van der Waals surface area contributed by atoms with Crippen molar-refractivity contribution in [3.8, 4) is 0 Å². The van der Waals surface area contributed by atoms with E-state index in [1.165, 1.54) is 0 Å². The van der Waals surface area contributed by atoms with Gasteiger partial charge in [-0.1, -0.05) is 23.7 Å². The minimum Gasteiger partial charge on any atom is -0.363 e. The molecule has 1 N–H and O–H groups in total. The van der Waals surface area contributed by atoms with Crippen LogP contribution in [0.4, 0.5) is 0 Å². The third-order valence-corrected chi connectivity index (χ3v) is 6.87. The minimum absolute atomic E-state index is 0.0689. The molecular weight excluding hydrogens is 454 g/mol. The maximum Gasteiger partial charge on any atom is 0.228 e. The molecule has 2 aromatic rings. The Hall–Kier alpha value is -1.68. The normalized spacial score (nSPS) is 11.9. The highest BCUT2D eigenvalue weighted by atomic mass is 35.5. The van der Waals surface area contributed by atoms with E-state index < -0.39 is 9.84 Å². The molecule has 0 aliphatic heterocycles. The molecule has 0 radical (unpaired) electrons. The predicted molar refractivity (Wildman–Crippen MR) is 130 cm³/mol. The average molecular weight is 486 g/mol. The maximum absolute atomic E-state index is 13.2. The highest BCUT2D eigenvalue weighted by molar-refractivity contribution is 7.90. The van der Waals surface area contributed by atoms with Gasteiger partial charge in [0, 0.05) is 30.7 Å². The third kappa shape index (κ3) is 7.17. The molecule has 0 saturated carbocycles. The van der Waals surface area contributed by atoms with E-state index in [0.717, 1.165) is 18.8 Å². The van der Waals surface area contributed by atoms with Gasteiger partial charge in [0.05, 0.1) is 24.2 Å². The van der Waals surface area contributed by atoms with E-state index >= 15 is 0 Å². The number of aromatic nitrogens is 2. The van der Waals surface area contributed by atoms with Gasteiger partial charge in [0.1, 0.15) is 0 Å². The van der Waals surface area contributed by atoms with E-state index in [9.17, 15) is 8.42 Å². The van der Waals surface area contributed by atoms with Crippen LogP contribution in [-0.2, 0) is 22.1 Å². The Morgan fingerprint density at radius 3 is 2.58 bits per heavy atom. The Balaban J connectivity index is 2.36. The molecule has 0 saturated heterocycles. The molecule has 10 heteroatoms. The zero-order valence-corrected chi connectivity index (χ0v) is 21.2. The number of benzene rings is 1. The number of rotatable bonds is 10. The molecule has 2 rings (SSSR count). The van der Waals surface area contributed by atoms with Gasteiger partial charge in [-0.2, -0.15) is 0 Å². The Labute approximate surface area is 196 Å². The summed E-state index contributed by atoms with van der Waals surface area (Å²) in [5.74, 6) is -0.156. The van der Waals surface area contributed by atoms with Crippen molar-refractivity contribution in [2.75, 3.05) is 33.7 Å². The molecule has 1 aromatic heterocycles. The van der Waals surface area contributed by atoms with Crippen molar-refractivity contribution in [3.63, 3.8) is 0 Å². The summed E-state index contributed by atoms with van der Waals surface area (Å²) >= 11 is 11.6. The third-order valence-electron chi connectivity index (χ3n) is 4.67. The molecule has 1 heterocycles. The van der Waals surface area contributed by atoms with Crippen molar-refractivity contribution >= 4 is 38.8 Å². The fourth-order valence-electron chi connectivity index (χ4n) is 3.22. The first-order valence-corrected chi connectivity index (χ1v) is 12.7. The molecule has 0 amide bonds. The molecule has 0 atom stereocenters. The van der Waals surface area contributed by atoms with E-state index in [-0.39, 0.29) is 17.0 Å². The Kier molecular flexibility index (Phi) is 9.29. The summed E-state index contributed by atoms with van der Waals surface area (Å²) in [5.41, 5.74) is 1.44. The second-order valence-electron chi connectivity index (χ2n) is 7.95. The number of hydrogen-bond acceptors (Lipinski definition) is 5. The number of thiocarbonyl (C=S) groups is 1. The SMILES string of the molecule is CCNC(=S)N(CCN(C)C)Cc1cnc(S(=O)(=O)Cc2cccc(Cl)c2)n1C(C)C. The molecule has 1 aromatic carbocycles. The summed E-state index contributed by atoms with van der Waals surface area (Å²) < 4.78 is 28.2. The van der Waals surface area contributed by atoms with Crippen LogP contribution in [0.25, 0.3) is 0 Å². The van der Waals surface area contributed by atoms with Crippen molar-refractivity contribution in [2.24, 2.45) is 0 Å². The minimum atomic E-state index is -3.66. The summed E-state index contributed by atoms with van der Waals surface area (Å²) in [7, 11) is 0.356. The maximum atomic E-state index is 13.2. The van der Waals surface area contributed by atoms with Gasteiger partial charge >= 0.3 is 0 Å². The molecule has 0 fully saturated rings. The first-order chi connectivity index (χ1) is 14.5. The number of hydrogen-bond donors (Lipinski definition) is 1. The fraction of sp³-hybridized carbons (Fsp3) is 0.524. The summed E-state index contributed by atoms with van der Waals surface area (Å²) in [5, 5.41) is 4.41. The summed E-state index contributed by atoms with van der Waals surface area (Å²) in [6.45, 7) is 8.63. The molecule has 0 aliphatic rings. The van der Waals surface area contributed by atoms with Crippen molar-refractivity contribution < 1.29 is 8.42 Å². The first-order valence-electron chi connectivity index (χ1n) is 10.3. The zero-order chi connectivity index (χ0) is 23.2. The second-order valence-corrected chi connectivity index (χ2v) is 10.7. The molecule has 0 spiro atoms. The standard InChI is InChI=1S/C21H32ClN5O2S2/c1-6-23-20(30)26(11-10-25(4)5)14-19-13-24-21(27(19)16(2)3)31(28,29)15-17-8-7-9-18(22)12-17/h7-9,12-13,16H,6,10-11,14-15H2,1-5H3,(H,23,30). The van der Waals surface area contributed by atoms with Crippen LogP contribution in [-0.4, -0.2) is 66.6 Å². The lowest BCUT2D eigenvalue weighted by molar-refractivity contribution is 0.315. The van der Waals surface area contributed by atoms with Gasteiger partial charge < -0.3 is 19.7 Å². The van der Waals surface area contributed by atoms with Gasteiger partial charge in [0.25, 0.3) is 0 Å². The fourth-order valence-corrected chi connectivity index (χ4v) is 5.32. The van der Waals surface area contributed by atoms with Gasteiger partial charge in [-0.25, -0.2) is 13.4 Å². The molecule has 0 unspecified atom stereocenters. The largest absolute Gasteiger partial charge is 0.363 e. The number of sulfone groups is 1. The molecule has 0 bridgehead atoms. The van der Waals surface area contributed by atoms with E-state index in [4.69, 9.17) is 23.8 Å². The van der Waals surface area contributed by atoms with Crippen molar-refractivity contribution in [1.82, 2.24) is 24.7 Å². The quantitative estimate of drug-likeness (QED) is 0.517. The van der Waals surface area contributed by atoms with Crippen LogP contribution < -0.4 is 5.32 Å². The van der Waals surface area contributed by atoms with Gasteiger partial charge in [-0.3, -0.25) is 0 Å². The molecule has 172 valence electrons. The Morgan fingerprint density at radius 2 is 2.00 bits per heavy atom. The molecule has 7 nitrogen and oxygen atoms in total. The molecule has 31 heavy (non-hydrogen) atoms. The predicted octanol–water partition coefficient (Wildman–Crippen LogP) is 3.35. The van der Waals surface area contributed by atoms with E-state index in [0.29, 0.717) is 28.8 Å². The number of nitrogens with one attached hydrogen (secondary N) is 1. The van der Waals surface area contributed by atoms with Crippen LogP contribution >= 0.6 is 23.8 Å². The number of likely N-dealkylation sites (N-methyl/N-ethyl adjacent to an activating group) is 1. The van der Waals surface area contributed by atoms with Gasteiger partial charge in [-0.05, 0) is 64.8 Å². The lowest BCUT2D eigenvalue weighted by Crippen LogP contribution is -2.42. The highest BCUT2D eigenvalue weighted by Crippen LogP contribution is 2.23. The van der Waals surface area contributed by atoms with Crippen molar-refractivity contribution in [1.29, 1.82) is 0 Å². The van der Waals surface area contributed by atoms with Crippen molar-refractivity contribution in [2.45, 2.75) is 44.3 Å². The number of halogens is 1. The van der Waals surface area contributed by atoms with Gasteiger partial charge in [0.2, 0.25) is 15.0 Å². The first kappa shape index (κ1) is 25.6. The summed E-state index contributed by atoms with van der Waals surface area (Å²) in [6.07, 6.45) is 1.64.